The molecule has 0 aliphatic heterocycles. The van der Waals surface area contributed by atoms with E-state index in [0.717, 1.165) is 38.5 Å². The predicted molar refractivity (Wildman–Crippen MR) is 292 cm³/mol. The lowest BCUT2D eigenvalue weighted by Gasteiger charge is -2.22. The van der Waals surface area contributed by atoms with E-state index >= 15 is 0 Å². The first-order valence-corrected chi connectivity index (χ1v) is 30.8. The monoisotopic (exact) mass is 948 g/mol. The van der Waals surface area contributed by atoms with Gasteiger partial charge < -0.3 is 20.3 Å². The predicted octanol–water partition coefficient (Wildman–Crippen LogP) is 19.1. The molecule has 0 aliphatic rings. The second-order valence-electron chi connectivity index (χ2n) is 21.4. The zero-order valence-electron chi connectivity index (χ0n) is 45.7. The van der Waals surface area contributed by atoms with Crippen molar-refractivity contribution in [3.8, 4) is 0 Å². The highest BCUT2D eigenvalue weighted by Gasteiger charge is 2.20. The summed E-state index contributed by atoms with van der Waals surface area (Å²) in [5, 5.41) is 23.4. The van der Waals surface area contributed by atoms with E-state index in [1.54, 1.807) is 0 Å². The minimum absolute atomic E-state index is 0.00826. The molecule has 400 valence electrons. The normalized spacial score (nSPS) is 12.5. The second-order valence-corrected chi connectivity index (χ2v) is 21.4. The van der Waals surface area contributed by atoms with Gasteiger partial charge in [-0.3, -0.25) is 9.59 Å². The molecule has 2 atom stereocenters. The van der Waals surface area contributed by atoms with Crippen LogP contribution in [0.25, 0.3) is 0 Å². The molecular weight excluding hydrogens is 827 g/mol. The lowest BCUT2D eigenvalue weighted by atomic mass is 10.0. The van der Waals surface area contributed by atoms with Gasteiger partial charge in [0, 0.05) is 12.8 Å². The number of carbonyl (C=O) groups is 2. The van der Waals surface area contributed by atoms with Crippen LogP contribution in [0, 0.1) is 0 Å². The van der Waals surface area contributed by atoms with E-state index in [0.29, 0.717) is 25.9 Å². The van der Waals surface area contributed by atoms with Gasteiger partial charge in [0.2, 0.25) is 5.91 Å². The number of hydrogen-bond donors (Lipinski definition) is 3. The number of rotatable bonds is 58. The van der Waals surface area contributed by atoms with Crippen LogP contribution in [0.4, 0.5) is 0 Å². The number of hydrogen-bond acceptors (Lipinski definition) is 5. The first-order chi connectivity index (χ1) is 33.0. The fourth-order valence-electron chi connectivity index (χ4n) is 9.94. The topological polar surface area (TPSA) is 95.9 Å². The molecule has 0 aliphatic carbocycles. The van der Waals surface area contributed by atoms with Crippen LogP contribution in [0.15, 0.2) is 0 Å². The summed E-state index contributed by atoms with van der Waals surface area (Å²) in [7, 11) is 0. The van der Waals surface area contributed by atoms with Crippen LogP contribution in [0.1, 0.15) is 354 Å². The number of nitrogens with one attached hydrogen (secondary N) is 1. The zero-order valence-corrected chi connectivity index (χ0v) is 45.7. The molecule has 0 saturated carbocycles. The number of amides is 1. The van der Waals surface area contributed by atoms with Gasteiger partial charge in [0.05, 0.1) is 25.4 Å². The lowest BCUT2D eigenvalue weighted by Crippen LogP contribution is -2.45. The molecule has 2 unspecified atom stereocenters. The standard InChI is InChI=1S/C61H121NO5/c1-3-5-7-9-11-13-15-16-17-18-19-20-21-24-27-30-34-37-41-45-49-53-59(64)58(57-63)62-60(65)54-50-46-42-38-35-31-28-25-22-23-26-29-32-36-40-44-48-52-56-67-61(66)55-51-47-43-39-33-14-12-10-8-6-4-2/h58-59,63-64H,3-57H2,1-2H3,(H,62,65). The SMILES string of the molecule is CCCCCCCCCCCCCCCCCCCCCCCC(O)C(CO)NC(=O)CCCCCCCCCCCCCCCCCCCCOC(=O)CCCCCCCCCCCCC. The molecule has 6 heteroatoms. The van der Waals surface area contributed by atoms with Crippen LogP contribution in [0.3, 0.4) is 0 Å². The summed E-state index contributed by atoms with van der Waals surface area (Å²) < 4.78 is 5.46. The summed E-state index contributed by atoms with van der Waals surface area (Å²) in [6, 6.07) is -0.544. The molecule has 0 fully saturated rings. The summed E-state index contributed by atoms with van der Waals surface area (Å²) in [6.45, 7) is 4.97. The quantitative estimate of drug-likeness (QED) is 0.0417. The molecule has 0 heterocycles. The molecule has 0 aromatic rings. The highest BCUT2D eigenvalue weighted by molar-refractivity contribution is 5.76. The summed E-state index contributed by atoms with van der Waals surface area (Å²) >= 11 is 0. The Morgan fingerprint density at radius 2 is 0.612 bits per heavy atom. The first-order valence-electron chi connectivity index (χ1n) is 30.8. The van der Waals surface area contributed by atoms with Crippen LogP contribution in [0.5, 0.6) is 0 Å². The number of aliphatic hydroxyl groups is 2. The zero-order chi connectivity index (χ0) is 48.6. The van der Waals surface area contributed by atoms with Crippen molar-refractivity contribution in [2.24, 2.45) is 0 Å². The summed E-state index contributed by atoms with van der Waals surface area (Å²) in [5.74, 6) is -0.0262. The van der Waals surface area contributed by atoms with Crippen LogP contribution < -0.4 is 5.32 Å². The smallest absolute Gasteiger partial charge is 0.305 e. The molecule has 0 bridgehead atoms. The molecule has 67 heavy (non-hydrogen) atoms. The average Bonchev–Trinajstić information content (AvgIpc) is 3.33. The third-order valence-corrected chi connectivity index (χ3v) is 14.7. The highest BCUT2D eigenvalue weighted by Crippen LogP contribution is 2.18. The lowest BCUT2D eigenvalue weighted by molar-refractivity contribution is -0.143. The Morgan fingerprint density at radius 3 is 0.910 bits per heavy atom. The maximum absolute atomic E-state index is 12.5. The molecule has 0 aromatic carbocycles. The number of aliphatic hydroxyl groups excluding tert-OH is 2. The summed E-state index contributed by atoms with van der Waals surface area (Å²) in [4.78, 5) is 24.5. The van der Waals surface area contributed by atoms with Gasteiger partial charge in [-0.15, -0.1) is 0 Å². The van der Waals surface area contributed by atoms with E-state index in [2.05, 4.69) is 19.2 Å². The molecule has 6 nitrogen and oxygen atoms in total. The Labute approximate surface area is 419 Å². The van der Waals surface area contributed by atoms with E-state index in [1.807, 2.05) is 0 Å². The minimum atomic E-state index is -0.666. The average molecular weight is 949 g/mol. The van der Waals surface area contributed by atoms with Gasteiger partial charge in [-0.1, -0.05) is 316 Å². The number of unbranched alkanes of at least 4 members (excludes halogenated alkanes) is 47. The van der Waals surface area contributed by atoms with Crippen molar-refractivity contribution in [1.82, 2.24) is 5.32 Å². The van der Waals surface area contributed by atoms with E-state index < -0.39 is 12.1 Å². The molecule has 0 rings (SSSR count). The summed E-state index contributed by atoms with van der Waals surface area (Å²) in [6.07, 6.45) is 66.8. The van der Waals surface area contributed by atoms with Crippen molar-refractivity contribution in [1.29, 1.82) is 0 Å². The van der Waals surface area contributed by atoms with Crippen molar-refractivity contribution in [3.05, 3.63) is 0 Å². The van der Waals surface area contributed by atoms with Crippen molar-refractivity contribution in [2.75, 3.05) is 13.2 Å². The fraction of sp³-hybridized carbons (Fsp3) is 0.967. The van der Waals surface area contributed by atoms with Crippen molar-refractivity contribution in [3.63, 3.8) is 0 Å². The van der Waals surface area contributed by atoms with Gasteiger partial charge in [0.1, 0.15) is 0 Å². The van der Waals surface area contributed by atoms with E-state index in [-0.39, 0.29) is 18.5 Å². The van der Waals surface area contributed by atoms with Gasteiger partial charge in [-0.2, -0.15) is 0 Å². The fourth-order valence-corrected chi connectivity index (χ4v) is 9.94. The molecule has 3 N–H and O–H groups in total. The van der Waals surface area contributed by atoms with Gasteiger partial charge in [-0.05, 0) is 25.7 Å². The molecule has 0 radical (unpaired) electrons. The largest absolute Gasteiger partial charge is 0.466 e. The van der Waals surface area contributed by atoms with Gasteiger partial charge in [0.15, 0.2) is 0 Å². The van der Waals surface area contributed by atoms with Crippen molar-refractivity contribution >= 4 is 11.9 Å². The van der Waals surface area contributed by atoms with Crippen LogP contribution in [-0.4, -0.2) is 47.4 Å². The number of carbonyl (C=O) groups excluding carboxylic acids is 2. The molecule has 0 saturated heterocycles. The second kappa shape index (κ2) is 57.4. The first kappa shape index (κ1) is 65.9. The maximum Gasteiger partial charge on any atom is 0.305 e. The summed E-state index contributed by atoms with van der Waals surface area (Å²) in [5.41, 5.74) is 0. The van der Waals surface area contributed by atoms with Crippen molar-refractivity contribution < 1.29 is 24.5 Å². The molecule has 0 aromatic heterocycles. The number of esters is 1. The van der Waals surface area contributed by atoms with Crippen molar-refractivity contribution in [2.45, 2.75) is 366 Å². The van der Waals surface area contributed by atoms with Crippen LogP contribution in [-0.2, 0) is 14.3 Å². The molecule has 1 amide bonds. The van der Waals surface area contributed by atoms with E-state index in [9.17, 15) is 19.8 Å². The third kappa shape index (κ3) is 54.0. The Hall–Kier alpha value is -1.14. The molecule has 0 spiro atoms. The maximum atomic E-state index is 12.5. The highest BCUT2D eigenvalue weighted by atomic mass is 16.5. The third-order valence-electron chi connectivity index (χ3n) is 14.7. The number of ether oxygens (including phenoxy) is 1. The Bertz CT molecular complexity index is 959. The molecular formula is C61H121NO5. The van der Waals surface area contributed by atoms with Gasteiger partial charge in [-0.25, -0.2) is 0 Å². The van der Waals surface area contributed by atoms with Gasteiger partial charge >= 0.3 is 5.97 Å². The van der Waals surface area contributed by atoms with E-state index in [4.69, 9.17) is 4.74 Å². The van der Waals surface area contributed by atoms with Gasteiger partial charge in [0.25, 0.3) is 0 Å². The Morgan fingerprint density at radius 1 is 0.358 bits per heavy atom. The van der Waals surface area contributed by atoms with Crippen LogP contribution in [0.2, 0.25) is 0 Å². The Balaban J connectivity index is 3.40. The van der Waals surface area contributed by atoms with E-state index in [1.165, 1.54) is 283 Å². The minimum Gasteiger partial charge on any atom is -0.466 e. The Kier molecular flexibility index (Phi) is 56.5. The van der Waals surface area contributed by atoms with Crippen LogP contribution >= 0.6 is 0 Å².